The number of aromatic nitrogens is 2. The van der Waals surface area contributed by atoms with Crippen LogP contribution in [0.3, 0.4) is 0 Å². The summed E-state index contributed by atoms with van der Waals surface area (Å²) in [6.45, 7) is 6.90. The van der Waals surface area contributed by atoms with Crippen LogP contribution < -0.4 is 0 Å². The van der Waals surface area contributed by atoms with Crippen molar-refractivity contribution in [3.63, 3.8) is 0 Å². The third-order valence-electron chi connectivity index (χ3n) is 4.00. The number of nitrogens with one attached hydrogen (secondary N) is 1. The number of hydrogen-bond donors (Lipinski definition) is 2. The van der Waals surface area contributed by atoms with E-state index in [-0.39, 0.29) is 12.5 Å². The maximum atomic E-state index is 12.5. The Labute approximate surface area is 137 Å². The van der Waals surface area contributed by atoms with Crippen LogP contribution in [0.5, 0.6) is 0 Å². The van der Waals surface area contributed by atoms with Gasteiger partial charge in [-0.3, -0.25) is 4.79 Å². The summed E-state index contributed by atoms with van der Waals surface area (Å²) < 4.78 is 0. The molecule has 0 aliphatic heterocycles. The topological polar surface area (TPSA) is 69.2 Å². The zero-order chi connectivity index (χ0) is 16.8. The highest BCUT2D eigenvalue weighted by Crippen LogP contribution is 2.16. The first-order valence-electron chi connectivity index (χ1n) is 7.97. The summed E-state index contributed by atoms with van der Waals surface area (Å²) in [7, 11) is 0. The minimum absolute atomic E-state index is 0.00116. The van der Waals surface area contributed by atoms with Crippen LogP contribution in [0.2, 0.25) is 0 Å². The summed E-state index contributed by atoms with van der Waals surface area (Å²) in [5.41, 5.74) is 4.03. The molecular weight excluding hydrogens is 290 g/mol. The van der Waals surface area contributed by atoms with Crippen LogP contribution >= 0.6 is 0 Å². The highest BCUT2D eigenvalue weighted by atomic mass is 16.3. The van der Waals surface area contributed by atoms with Crippen molar-refractivity contribution in [2.45, 2.75) is 39.7 Å². The van der Waals surface area contributed by atoms with E-state index in [0.29, 0.717) is 25.4 Å². The van der Waals surface area contributed by atoms with E-state index in [4.69, 9.17) is 0 Å². The predicted molar refractivity (Wildman–Crippen MR) is 90.1 cm³/mol. The molecule has 1 aromatic heterocycles. The Morgan fingerprint density at radius 2 is 2.00 bits per heavy atom. The highest BCUT2D eigenvalue weighted by molar-refractivity contribution is 5.78. The average molecular weight is 315 g/mol. The van der Waals surface area contributed by atoms with Gasteiger partial charge in [-0.25, -0.2) is 4.98 Å². The molecular formula is C18H25N3O2. The van der Waals surface area contributed by atoms with E-state index >= 15 is 0 Å². The number of nitrogens with zero attached hydrogens (tertiary/aromatic N) is 2. The second kappa shape index (κ2) is 7.92. The van der Waals surface area contributed by atoms with Crippen LogP contribution in [0.4, 0.5) is 0 Å². The number of aromatic amines is 1. The summed E-state index contributed by atoms with van der Waals surface area (Å²) in [6, 6.07) is 8.15. The Morgan fingerprint density at radius 1 is 1.30 bits per heavy atom. The largest absolute Gasteiger partial charge is 0.395 e. The molecule has 0 saturated carbocycles. The van der Waals surface area contributed by atoms with Crippen LogP contribution in [0.1, 0.15) is 42.3 Å². The van der Waals surface area contributed by atoms with Gasteiger partial charge in [-0.2, -0.15) is 0 Å². The summed E-state index contributed by atoms with van der Waals surface area (Å²) in [6.07, 6.45) is 1.96. The fourth-order valence-electron chi connectivity index (χ4n) is 2.45. The van der Waals surface area contributed by atoms with Gasteiger partial charge >= 0.3 is 0 Å². The number of H-pyrrole nitrogens is 1. The average Bonchev–Trinajstić information content (AvgIpc) is 2.92. The van der Waals surface area contributed by atoms with E-state index in [9.17, 15) is 9.90 Å². The Morgan fingerprint density at radius 3 is 2.52 bits per heavy atom. The van der Waals surface area contributed by atoms with Crippen molar-refractivity contribution in [3.05, 3.63) is 53.1 Å². The number of rotatable bonds is 7. The lowest BCUT2D eigenvalue weighted by Gasteiger charge is -2.21. The number of aryl methyl sites for hydroxylation is 1. The van der Waals surface area contributed by atoms with E-state index in [0.717, 1.165) is 17.0 Å². The van der Waals surface area contributed by atoms with Crippen molar-refractivity contribution in [1.29, 1.82) is 0 Å². The number of imidazole rings is 1. The monoisotopic (exact) mass is 315 g/mol. The van der Waals surface area contributed by atoms with Crippen LogP contribution in [-0.4, -0.2) is 39.0 Å². The molecule has 0 radical (unpaired) electrons. The SMILES string of the molecule is Cc1[nH]cnc1CN(CCO)C(=O)Cc1ccc(C(C)C)cc1. The van der Waals surface area contributed by atoms with Crippen molar-refractivity contribution in [3.8, 4) is 0 Å². The molecule has 2 N–H and O–H groups in total. The van der Waals surface area contributed by atoms with E-state index in [1.807, 2.05) is 19.1 Å². The van der Waals surface area contributed by atoms with E-state index < -0.39 is 0 Å². The molecule has 0 aliphatic rings. The number of aliphatic hydroxyl groups is 1. The van der Waals surface area contributed by atoms with Gasteiger partial charge in [0.15, 0.2) is 0 Å². The maximum absolute atomic E-state index is 12.5. The summed E-state index contributed by atoms with van der Waals surface area (Å²) in [4.78, 5) is 21.4. The summed E-state index contributed by atoms with van der Waals surface area (Å²) in [5, 5.41) is 9.22. The second-order valence-corrected chi connectivity index (χ2v) is 6.09. The fourth-order valence-corrected chi connectivity index (χ4v) is 2.45. The first-order valence-corrected chi connectivity index (χ1v) is 7.97. The molecule has 0 unspecified atom stereocenters. The standard InChI is InChI=1S/C18H25N3O2/c1-13(2)16-6-4-15(5-7-16)10-18(23)21(8-9-22)11-17-14(3)19-12-20-17/h4-7,12-13,22H,8-11H2,1-3H3,(H,19,20). The fraction of sp³-hybridized carbons (Fsp3) is 0.444. The number of carbonyl (C=O) groups excluding carboxylic acids is 1. The Hall–Kier alpha value is -2.14. The molecule has 1 heterocycles. The van der Waals surface area contributed by atoms with E-state index in [1.54, 1.807) is 11.2 Å². The third-order valence-corrected chi connectivity index (χ3v) is 4.00. The number of hydrogen-bond acceptors (Lipinski definition) is 3. The minimum Gasteiger partial charge on any atom is -0.395 e. The molecule has 1 aromatic carbocycles. The first-order chi connectivity index (χ1) is 11.0. The third kappa shape index (κ3) is 4.66. The maximum Gasteiger partial charge on any atom is 0.227 e. The van der Waals surface area contributed by atoms with Gasteiger partial charge < -0.3 is 15.0 Å². The van der Waals surface area contributed by atoms with Crippen LogP contribution in [0.15, 0.2) is 30.6 Å². The van der Waals surface area contributed by atoms with Crippen LogP contribution in [-0.2, 0) is 17.8 Å². The van der Waals surface area contributed by atoms with Gasteiger partial charge in [0.2, 0.25) is 5.91 Å². The van der Waals surface area contributed by atoms with Gasteiger partial charge in [0.25, 0.3) is 0 Å². The quantitative estimate of drug-likeness (QED) is 0.824. The molecule has 2 aromatic rings. The number of aliphatic hydroxyl groups excluding tert-OH is 1. The van der Waals surface area contributed by atoms with Gasteiger partial charge in [-0.1, -0.05) is 38.1 Å². The van der Waals surface area contributed by atoms with Gasteiger partial charge in [-0.15, -0.1) is 0 Å². The normalized spacial score (nSPS) is 11.0. The Kier molecular flexibility index (Phi) is 5.93. The highest BCUT2D eigenvalue weighted by Gasteiger charge is 2.16. The molecule has 0 atom stereocenters. The lowest BCUT2D eigenvalue weighted by Crippen LogP contribution is -2.34. The van der Waals surface area contributed by atoms with Crippen molar-refractivity contribution in [2.24, 2.45) is 0 Å². The van der Waals surface area contributed by atoms with Gasteiger partial charge in [0, 0.05) is 12.2 Å². The molecule has 1 amide bonds. The number of amides is 1. The molecule has 2 rings (SSSR count). The Bertz CT molecular complexity index is 632. The lowest BCUT2D eigenvalue weighted by molar-refractivity contribution is -0.131. The van der Waals surface area contributed by atoms with Crippen LogP contribution in [0.25, 0.3) is 0 Å². The van der Waals surface area contributed by atoms with Crippen molar-refractivity contribution < 1.29 is 9.90 Å². The Balaban J connectivity index is 2.04. The van der Waals surface area contributed by atoms with Gasteiger partial charge in [0.05, 0.1) is 31.6 Å². The van der Waals surface area contributed by atoms with Gasteiger partial charge in [0.1, 0.15) is 0 Å². The minimum atomic E-state index is -0.0541. The molecule has 0 fully saturated rings. The van der Waals surface area contributed by atoms with Crippen LogP contribution in [0, 0.1) is 6.92 Å². The lowest BCUT2D eigenvalue weighted by atomic mass is 10.0. The molecule has 5 heteroatoms. The second-order valence-electron chi connectivity index (χ2n) is 6.09. The predicted octanol–water partition coefficient (Wildman–Crippen LogP) is 2.41. The number of carbonyl (C=O) groups is 1. The smallest absolute Gasteiger partial charge is 0.227 e. The van der Waals surface area contributed by atoms with E-state index in [2.05, 4.69) is 35.9 Å². The molecule has 124 valence electrons. The van der Waals surface area contributed by atoms with E-state index in [1.165, 1.54) is 5.56 Å². The zero-order valence-corrected chi connectivity index (χ0v) is 14.0. The molecule has 0 aliphatic carbocycles. The zero-order valence-electron chi connectivity index (χ0n) is 14.0. The summed E-state index contributed by atoms with van der Waals surface area (Å²) >= 11 is 0. The van der Waals surface area contributed by atoms with Crippen molar-refractivity contribution >= 4 is 5.91 Å². The molecule has 0 spiro atoms. The van der Waals surface area contributed by atoms with Crippen molar-refractivity contribution in [2.75, 3.05) is 13.2 Å². The molecule has 23 heavy (non-hydrogen) atoms. The summed E-state index contributed by atoms with van der Waals surface area (Å²) in [5.74, 6) is 0.479. The molecule has 0 bridgehead atoms. The molecule has 0 saturated heterocycles. The van der Waals surface area contributed by atoms with Gasteiger partial charge in [-0.05, 0) is 24.0 Å². The number of benzene rings is 1. The first kappa shape index (κ1) is 17.2. The van der Waals surface area contributed by atoms with Crippen molar-refractivity contribution in [1.82, 2.24) is 14.9 Å². The molecule has 5 nitrogen and oxygen atoms in total.